The lowest BCUT2D eigenvalue weighted by Gasteiger charge is -2.48. The summed E-state index contributed by atoms with van der Waals surface area (Å²) in [5.41, 5.74) is -3.36. The largest absolute Gasteiger partial charge is 0.508 e. The molecule has 7 rings (SSSR count). The Morgan fingerprint density at radius 1 is 0.980 bits per heavy atom. The van der Waals surface area contributed by atoms with Crippen LogP contribution in [0.15, 0.2) is 101 Å². The summed E-state index contributed by atoms with van der Waals surface area (Å²) in [7, 11) is 0. The Hall–Kier alpha value is -5.20. The summed E-state index contributed by atoms with van der Waals surface area (Å²) in [4.78, 5) is 28.6. The van der Waals surface area contributed by atoms with Gasteiger partial charge in [-0.3, -0.25) is 9.59 Å². The molecular weight excluding hydrogens is 641 g/mol. The molecule has 9 nitrogen and oxygen atoms in total. The molecule has 4 aromatic rings. The zero-order chi connectivity index (χ0) is 34.5. The third-order valence-corrected chi connectivity index (χ3v) is 9.48. The van der Waals surface area contributed by atoms with Crippen LogP contribution in [0.5, 0.6) is 11.6 Å². The molecule has 4 atom stereocenters. The molecule has 0 unspecified atom stereocenters. The maximum absolute atomic E-state index is 14.4. The fourth-order valence-corrected chi connectivity index (χ4v) is 7.24. The molecule has 0 saturated heterocycles. The van der Waals surface area contributed by atoms with Crippen molar-refractivity contribution in [3.05, 3.63) is 136 Å². The number of rotatable bonds is 9. The van der Waals surface area contributed by atoms with Crippen molar-refractivity contribution in [1.29, 1.82) is 0 Å². The van der Waals surface area contributed by atoms with Crippen molar-refractivity contribution in [2.24, 2.45) is 11.8 Å². The third-order valence-electron chi connectivity index (χ3n) is 9.48. The Kier molecular flexibility index (Phi) is 8.16. The van der Waals surface area contributed by atoms with Gasteiger partial charge in [0.2, 0.25) is 5.78 Å². The summed E-state index contributed by atoms with van der Waals surface area (Å²) < 4.78 is 60.4. The van der Waals surface area contributed by atoms with Crippen molar-refractivity contribution >= 4 is 11.6 Å². The monoisotopic (exact) mass is 672 g/mol. The van der Waals surface area contributed by atoms with Crippen molar-refractivity contribution in [3.8, 4) is 11.6 Å². The van der Waals surface area contributed by atoms with Gasteiger partial charge in [-0.25, -0.2) is 0 Å². The van der Waals surface area contributed by atoms with E-state index >= 15 is 0 Å². The maximum atomic E-state index is 14.4. The number of hydrogen-bond acceptors (Lipinski definition) is 9. The number of Topliss-reactive ketones (excluding diaryl/α,β-unsaturated/α-hetero) is 2. The van der Waals surface area contributed by atoms with Crippen molar-refractivity contribution in [3.63, 3.8) is 0 Å². The van der Waals surface area contributed by atoms with E-state index in [9.17, 15) is 33.0 Å². The smallest absolute Gasteiger partial charge is 0.416 e. The molecule has 0 amide bonds. The Bertz CT molecular complexity index is 1970. The molecule has 3 aromatic carbocycles. The first-order chi connectivity index (χ1) is 23.5. The van der Waals surface area contributed by atoms with Gasteiger partial charge in [-0.15, -0.1) is 6.58 Å². The van der Waals surface area contributed by atoms with Crippen LogP contribution in [0.3, 0.4) is 0 Å². The molecule has 1 aromatic heterocycles. The first-order valence-electron chi connectivity index (χ1n) is 15.7. The van der Waals surface area contributed by atoms with Gasteiger partial charge < -0.3 is 29.5 Å². The van der Waals surface area contributed by atoms with Crippen LogP contribution >= 0.6 is 0 Å². The van der Waals surface area contributed by atoms with Crippen LogP contribution in [-0.4, -0.2) is 39.1 Å². The molecule has 3 aliphatic rings. The van der Waals surface area contributed by atoms with Crippen LogP contribution in [0.4, 0.5) is 13.2 Å². The highest BCUT2D eigenvalue weighted by Crippen LogP contribution is 2.56. The molecule has 0 spiro atoms. The second-order valence-electron chi connectivity index (χ2n) is 12.3. The highest BCUT2D eigenvalue weighted by Gasteiger charge is 2.63. The molecule has 0 fully saturated rings. The van der Waals surface area contributed by atoms with E-state index in [-0.39, 0.29) is 72.3 Å². The number of carbonyl (C=O) groups is 2. The lowest BCUT2D eigenvalue weighted by Crippen LogP contribution is -2.59. The van der Waals surface area contributed by atoms with Gasteiger partial charge in [0.05, 0.1) is 17.2 Å². The van der Waals surface area contributed by atoms with Crippen LogP contribution in [0.2, 0.25) is 0 Å². The quantitative estimate of drug-likeness (QED) is 0.171. The molecule has 252 valence electrons. The zero-order valence-corrected chi connectivity index (χ0v) is 26.0. The minimum atomic E-state index is -4.79. The molecule has 0 saturated carbocycles. The van der Waals surface area contributed by atoms with Gasteiger partial charge in [0.15, 0.2) is 17.1 Å². The average molecular weight is 673 g/mol. The van der Waals surface area contributed by atoms with Gasteiger partial charge >= 0.3 is 6.18 Å². The standard InChI is InChI=1S/C37H31F3N2O7/c1-2-15-41-30-25-17-22-16-23-24(37(38,39)40)13-14-26(47-18-20-9-5-3-6-10-20)28(23)31(43)27(22)33(44)36(25,46)34(45)29-32(30)49-42-35(29)48-19-21-11-7-4-8-12-21/h2-14,22,25,30,41,44,46H,1,15-19H2/t22-,25-,30-,36-/m0/s1. The number of nitrogens with zero attached hydrogens (tertiary/aromatic N) is 1. The summed E-state index contributed by atoms with van der Waals surface area (Å²) >= 11 is 0. The van der Waals surface area contributed by atoms with Crippen molar-refractivity contribution in [1.82, 2.24) is 10.5 Å². The van der Waals surface area contributed by atoms with E-state index in [2.05, 4.69) is 17.1 Å². The lowest BCUT2D eigenvalue weighted by molar-refractivity contribution is -0.138. The molecular formula is C37H31F3N2O7. The minimum Gasteiger partial charge on any atom is -0.508 e. The van der Waals surface area contributed by atoms with Crippen molar-refractivity contribution in [2.45, 2.75) is 43.9 Å². The fourth-order valence-electron chi connectivity index (χ4n) is 7.24. The zero-order valence-electron chi connectivity index (χ0n) is 26.0. The molecule has 0 bridgehead atoms. The molecule has 49 heavy (non-hydrogen) atoms. The summed E-state index contributed by atoms with van der Waals surface area (Å²) in [6.07, 6.45) is -3.70. The number of carbonyl (C=O) groups excluding carboxylic acids is 2. The lowest BCUT2D eigenvalue weighted by atomic mass is 9.58. The molecule has 12 heteroatoms. The number of alkyl halides is 3. The average Bonchev–Trinajstić information content (AvgIpc) is 3.52. The van der Waals surface area contributed by atoms with Gasteiger partial charge in [-0.05, 0) is 52.7 Å². The SMILES string of the molecule is C=CCN[C@@H]1c2onc(OCc3ccccc3)c2C(=O)[C@@]2(O)C(O)=C3C(=O)c4c(OCc5ccccc5)ccc(C(F)(F)F)c4C[C@H]3C[C@@H]12. The Balaban J connectivity index is 1.32. The van der Waals surface area contributed by atoms with Gasteiger partial charge in [-0.1, -0.05) is 66.7 Å². The Labute approximate surface area is 278 Å². The number of benzene rings is 3. The second kappa shape index (κ2) is 12.4. The second-order valence-corrected chi connectivity index (χ2v) is 12.3. The number of halogens is 3. The van der Waals surface area contributed by atoms with Crippen LogP contribution in [0.1, 0.15) is 61.2 Å². The molecule has 0 aliphatic heterocycles. The predicted molar refractivity (Wildman–Crippen MR) is 169 cm³/mol. The van der Waals surface area contributed by atoms with E-state index in [1.165, 1.54) is 6.08 Å². The Morgan fingerprint density at radius 3 is 2.27 bits per heavy atom. The number of ketones is 2. The number of hydrogen-bond donors (Lipinski definition) is 3. The number of ether oxygens (including phenoxy) is 2. The molecule has 0 radical (unpaired) electrons. The molecule has 1 heterocycles. The van der Waals surface area contributed by atoms with Crippen molar-refractivity contribution in [2.75, 3.05) is 6.54 Å². The van der Waals surface area contributed by atoms with E-state index in [1.807, 2.05) is 18.2 Å². The number of fused-ring (bicyclic) bond motifs is 4. The van der Waals surface area contributed by atoms with E-state index in [0.717, 1.165) is 23.3 Å². The highest BCUT2D eigenvalue weighted by atomic mass is 19.4. The van der Waals surface area contributed by atoms with Crippen molar-refractivity contribution < 1.29 is 47.0 Å². The highest BCUT2D eigenvalue weighted by molar-refractivity contribution is 6.16. The summed E-state index contributed by atoms with van der Waals surface area (Å²) in [6, 6.07) is 18.9. The topological polar surface area (TPSA) is 131 Å². The van der Waals surface area contributed by atoms with Gasteiger partial charge in [0, 0.05) is 18.0 Å². The van der Waals surface area contributed by atoms with Gasteiger partial charge in [0.25, 0.3) is 5.88 Å². The first-order valence-corrected chi connectivity index (χ1v) is 15.7. The van der Waals surface area contributed by atoms with E-state index in [0.29, 0.717) is 0 Å². The van der Waals surface area contributed by atoms with E-state index in [1.54, 1.807) is 42.5 Å². The van der Waals surface area contributed by atoms with Crippen LogP contribution in [0, 0.1) is 11.8 Å². The predicted octanol–water partition coefficient (Wildman–Crippen LogP) is 6.48. The third kappa shape index (κ3) is 5.41. The van der Waals surface area contributed by atoms with Gasteiger partial charge in [-0.2, -0.15) is 13.2 Å². The normalized spacial score (nSPS) is 22.9. The maximum Gasteiger partial charge on any atom is 0.416 e. The Morgan fingerprint density at radius 2 is 1.63 bits per heavy atom. The molecule has 3 aliphatic carbocycles. The molecule has 3 N–H and O–H groups in total. The number of aliphatic hydroxyl groups excluding tert-OH is 1. The number of nitrogens with one attached hydrogen (secondary N) is 1. The van der Waals surface area contributed by atoms with Crippen LogP contribution in [0.25, 0.3) is 0 Å². The number of allylic oxidation sites excluding steroid dienone is 1. The van der Waals surface area contributed by atoms with Crippen LogP contribution < -0.4 is 14.8 Å². The van der Waals surface area contributed by atoms with E-state index in [4.69, 9.17) is 14.0 Å². The first kappa shape index (κ1) is 32.4. The summed E-state index contributed by atoms with van der Waals surface area (Å²) in [6.45, 7) is 3.86. The van der Waals surface area contributed by atoms with Gasteiger partial charge in [0.1, 0.15) is 30.3 Å². The number of aromatic nitrogens is 1. The fraction of sp³-hybridized carbons (Fsp3) is 0.270. The van der Waals surface area contributed by atoms with E-state index < -0.39 is 52.5 Å². The summed E-state index contributed by atoms with van der Waals surface area (Å²) in [5.74, 6) is -5.30. The number of aliphatic hydroxyl groups is 2. The van der Waals surface area contributed by atoms with Crippen LogP contribution in [-0.2, 0) is 25.8 Å². The minimum absolute atomic E-state index is 0.0113. The summed E-state index contributed by atoms with van der Waals surface area (Å²) in [5, 5.41) is 31.2.